The zero-order valence-electron chi connectivity index (χ0n) is 19.2. The summed E-state index contributed by atoms with van der Waals surface area (Å²) in [6.45, 7) is 4.13. The number of anilines is 1. The van der Waals surface area contributed by atoms with Crippen LogP contribution in [-0.4, -0.2) is 31.4 Å². The van der Waals surface area contributed by atoms with Crippen LogP contribution in [0.1, 0.15) is 30.8 Å². The second-order valence-electron chi connectivity index (χ2n) is 8.92. The predicted molar refractivity (Wildman–Crippen MR) is 139 cm³/mol. The van der Waals surface area contributed by atoms with E-state index in [1.807, 2.05) is 39.8 Å². The van der Waals surface area contributed by atoms with Crippen molar-refractivity contribution in [2.24, 2.45) is 0 Å². The van der Waals surface area contributed by atoms with E-state index >= 15 is 0 Å². The number of hydrogen-bond acceptors (Lipinski definition) is 6. The lowest BCUT2D eigenvalue weighted by Crippen LogP contribution is -2.21. The fourth-order valence-electron chi connectivity index (χ4n) is 3.67. The van der Waals surface area contributed by atoms with Crippen LogP contribution in [0.4, 0.5) is 10.1 Å². The summed E-state index contributed by atoms with van der Waals surface area (Å²) >= 11 is 2.91. The summed E-state index contributed by atoms with van der Waals surface area (Å²) in [4.78, 5) is 17.6. The molecule has 6 nitrogen and oxygen atoms in total. The van der Waals surface area contributed by atoms with Crippen molar-refractivity contribution >= 4 is 45.2 Å². The Morgan fingerprint density at radius 2 is 1.94 bits per heavy atom. The number of nitrogens with zero attached hydrogens (tertiary/aromatic N) is 3. The monoisotopic (exact) mass is 506 g/mol. The molecule has 5 rings (SSSR count). The van der Waals surface area contributed by atoms with Gasteiger partial charge in [-0.3, -0.25) is 9.48 Å². The van der Waals surface area contributed by atoms with Crippen LogP contribution in [0.5, 0.6) is 0 Å². The van der Waals surface area contributed by atoms with Gasteiger partial charge < -0.3 is 10.4 Å². The van der Waals surface area contributed by atoms with Crippen molar-refractivity contribution in [3.63, 3.8) is 0 Å². The van der Waals surface area contributed by atoms with Crippen molar-refractivity contribution in [3.8, 4) is 21.7 Å². The molecule has 0 aliphatic rings. The minimum Gasteiger partial charge on any atom is -0.390 e. The van der Waals surface area contributed by atoms with Crippen LogP contribution in [-0.2, 0) is 6.54 Å². The van der Waals surface area contributed by atoms with Crippen LogP contribution in [0.2, 0.25) is 0 Å². The van der Waals surface area contributed by atoms with Gasteiger partial charge in [-0.05, 0) is 79.1 Å². The van der Waals surface area contributed by atoms with Gasteiger partial charge in [-0.15, -0.1) is 11.3 Å². The maximum atomic E-state index is 13.2. The molecule has 2 aromatic carbocycles. The van der Waals surface area contributed by atoms with Gasteiger partial charge in [0.15, 0.2) is 0 Å². The van der Waals surface area contributed by atoms with Gasteiger partial charge in [0.25, 0.3) is 5.91 Å². The van der Waals surface area contributed by atoms with Crippen LogP contribution in [0.3, 0.4) is 0 Å². The molecule has 0 aliphatic heterocycles. The molecule has 0 fully saturated rings. The van der Waals surface area contributed by atoms with E-state index in [0.717, 1.165) is 27.6 Å². The van der Waals surface area contributed by atoms with E-state index in [1.165, 1.54) is 23.5 Å². The van der Waals surface area contributed by atoms with Crippen molar-refractivity contribution in [1.82, 2.24) is 14.8 Å². The minimum atomic E-state index is -0.778. The Balaban J connectivity index is 1.45. The average molecular weight is 507 g/mol. The lowest BCUT2D eigenvalue weighted by atomic mass is 10.0. The molecule has 3 aromatic heterocycles. The number of aryl methyl sites for hydroxylation is 1. The van der Waals surface area contributed by atoms with Crippen molar-refractivity contribution in [3.05, 3.63) is 76.3 Å². The fraction of sp³-hybridized carbons (Fsp3) is 0.192. The Labute approximate surface area is 209 Å². The summed E-state index contributed by atoms with van der Waals surface area (Å²) in [5.41, 5.74) is 3.61. The first-order valence-electron chi connectivity index (χ1n) is 11.0. The van der Waals surface area contributed by atoms with Gasteiger partial charge >= 0.3 is 0 Å². The number of rotatable bonds is 7. The molecule has 2 N–H and O–H groups in total. The smallest absolute Gasteiger partial charge is 0.275 e. The van der Waals surface area contributed by atoms with E-state index in [2.05, 4.69) is 15.4 Å². The van der Waals surface area contributed by atoms with Crippen molar-refractivity contribution < 1.29 is 14.3 Å². The molecule has 0 unspecified atom stereocenters. The highest BCUT2D eigenvalue weighted by Crippen LogP contribution is 2.34. The molecule has 0 saturated heterocycles. The van der Waals surface area contributed by atoms with E-state index in [0.29, 0.717) is 29.4 Å². The molecule has 9 heteroatoms. The average Bonchev–Trinajstić information content (AvgIpc) is 3.57. The molecule has 0 bridgehead atoms. The highest BCUT2D eigenvalue weighted by Gasteiger charge is 2.18. The Kier molecular flexibility index (Phi) is 6.22. The lowest BCUT2D eigenvalue weighted by Gasteiger charge is -2.16. The first-order valence-corrected chi connectivity index (χ1v) is 12.9. The third kappa shape index (κ3) is 5.32. The van der Waals surface area contributed by atoms with Crippen LogP contribution < -0.4 is 5.32 Å². The maximum absolute atomic E-state index is 13.2. The van der Waals surface area contributed by atoms with Gasteiger partial charge in [0.2, 0.25) is 0 Å². The number of carbonyl (C=O) groups is 1. The summed E-state index contributed by atoms with van der Waals surface area (Å²) in [6, 6.07) is 11.9. The number of aliphatic hydroxyl groups is 1. The highest BCUT2D eigenvalue weighted by molar-refractivity contribution is 7.13. The molecule has 3 heterocycles. The van der Waals surface area contributed by atoms with Gasteiger partial charge in [0.05, 0.1) is 11.1 Å². The zero-order chi connectivity index (χ0) is 24.6. The summed E-state index contributed by atoms with van der Waals surface area (Å²) < 4.78 is 15.1. The van der Waals surface area contributed by atoms with E-state index < -0.39 is 5.60 Å². The van der Waals surface area contributed by atoms with E-state index in [4.69, 9.17) is 0 Å². The Morgan fingerprint density at radius 1 is 1.14 bits per heavy atom. The molecule has 0 atom stereocenters. The molecular weight excluding hydrogens is 483 g/mol. The molecule has 35 heavy (non-hydrogen) atoms. The number of fused-ring (bicyclic) bond motifs is 1. The van der Waals surface area contributed by atoms with E-state index in [1.54, 1.807) is 42.7 Å². The number of nitrogens with one attached hydrogen (secondary N) is 1. The number of halogens is 1. The Morgan fingerprint density at radius 3 is 2.66 bits per heavy atom. The zero-order valence-corrected chi connectivity index (χ0v) is 20.8. The van der Waals surface area contributed by atoms with Gasteiger partial charge in [-0.1, -0.05) is 0 Å². The van der Waals surface area contributed by atoms with Crippen LogP contribution in [0.15, 0.2) is 64.8 Å². The number of hydrogen-bond donors (Lipinski definition) is 2. The number of benzene rings is 2. The van der Waals surface area contributed by atoms with Gasteiger partial charge in [0, 0.05) is 40.3 Å². The fourth-order valence-corrected chi connectivity index (χ4v) is 5.14. The van der Waals surface area contributed by atoms with Crippen molar-refractivity contribution in [2.75, 3.05) is 5.32 Å². The minimum absolute atomic E-state index is 0.298. The standard InChI is InChI=1S/C26H23FN4O2S2/c1-26(2,33)8-9-31-13-18-11-22(20(12-21(18)30-31)17-7-10-34-14-17)28-24(32)23-15-35-25(29-23)16-3-5-19(27)6-4-16/h3-7,10-15,33H,8-9H2,1-2H3,(H,28,32). The highest BCUT2D eigenvalue weighted by atomic mass is 32.1. The summed E-state index contributed by atoms with van der Waals surface area (Å²) in [5, 5.41) is 25.0. The molecular formula is C26H23FN4O2S2. The molecule has 178 valence electrons. The first-order chi connectivity index (χ1) is 16.7. The Bertz CT molecular complexity index is 1480. The summed E-state index contributed by atoms with van der Waals surface area (Å²) in [5.74, 6) is -0.636. The molecule has 0 radical (unpaired) electrons. The van der Waals surface area contributed by atoms with Crippen molar-refractivity contribution in [2.45, 2.75) is 32.4 Å². The number of aromatic nitrogens is 3. The topological polar surface area (TPSA) is 80.0 Å². The number of carbonyl (C=O) groups excluding carboxylic acids is 1. The number of thiazole rings is 1. The normalized spacial score (nSPS) is 11.8. The van der Waals surface area contributed by atoms with E-state index in [9.17, 15) is 14.3 Å². The maximum Gasteiger partial charge on any atom is 0.275 e. The molecule has 0 aliphatic carbocycles. The molecule has 0 spiro atoms. The largest absolute Gasteiger partial charge is 0.390 e. The van der Waals surface area contributed by atoms with Gasteiger partial charge in [-0.25, -0.2) is 9.37 Å². The van der Waals surface area contributed by atoms with E-state index in [-0.39, 0.29) is 11.7 Å². The summed E-state index contributed by atoms with van der Waals surface area (Å²) in [7, 11) is 0. The molecule has 5 aromatic rings. The third-order valence-electron chi connectivity index (χ3n) is 5.55. The number of thiophene rings is 1. The number of amides is 1. The quantitative estimate of drug-likeness (QED) is 0.266. The second-order valence-corrected chi connectivity index (χ2v) is 10.6. The lowest BCUT2D eigenvalue weighted by molar-refractivity contribution is 0.0651. The Hall–Kier alpha value is -3.40. The van der Waals surface area contributed by atoms with Crippen LogP contribution in [0, 0.1) is 5.82 Å². The van der Waals surface area contributed by atoms with Crippen LogP contribution in [0.25, 0.3) is 32.6 Å². The molecule has 0 saturated carbocycles. The van der Waals surface area contributed by atoms with Crippen LogP contribution >= 0.6 is 22.7 Å². The van der Waals surface area contributed by atoms with Gasteiger partial charge in [0.1, 0.15) is 16.5 Å². The summed E-state index contributed by atoms with van der Waals surface area (Å²) in [6.07, 6.45) is 2.49. The SMILES string of the molecule is CC(C)(O)CCn1cc2cc(NC(=O)c3csc(-c4ccc(F)cc4)n3)c(-c3ccsc3)cc2n1. The predicted octanol–water partition coefficient (Wildman–Crippen LogP) is 6.44. The first kappa shape index (κ1) is 23.3. The second kappa shape index (κ2) is 9.33. The van der Waals surface area contributed by atoms with Crippen molar-refractivity contribution in [1.29, 1.82) is 0 Å². The third-order valence-corrected chi connectivity index (χ3v) is 7.13. The molecule has 1 amide bonds. The van der Waals surface area contributed by atoms with Gasteiger partial charge in [-0.2, -0.15) is 16.4 Å².